The largest absolute Gasteiger partial charge is 0.396 e. The van der Waals surface area contributed by atoms with Crippen LogP contribution in [0.2, 0.25) is 0 Å². The fraction of sp³-hybridized carbons (Fsp3) is 1.00. The SMILES string of the molecule is CCC(CC)CC(CO)(CO)C1CCCC1. The van der Waals surface area contributed by atoms with E-state index >= 15 is 0 Å². The lowest BCUT2D eigenvalue weighted by atomic mass is 9.69. The molecule has 16 heavy (non-hydrogen) atoms. The van der Waals surface area contributed by atoms with Gasteiger partial charge in [-0.2, -0.15) is 0 Å². The van der Waals surface area contributed by atoms with Crippen LogP contribution in [0, 0.1) is 17.3 Å². The first-order valence-corrected chi connectivity index (χ1v) is 6.94. The molecule has 0 unspecified atom stereocenters. The Kier molecular flexibility index (Phi) is 5.77. The molecule has 1 rings (SSSR count). The quantitative estimate of drug-likeness (QED) is 0.703. The Morgan fingerprint density at radius 1 is 1.06 bits per heavy atom. The Labute approximate surface area is 100 Å². The van der Waals surface area contributed by atoms with Crippen LogP contribution >= 0.6 is 0 Å². The van der Waals surface area contributed by atoms with Crippen LogP contribution in [0.15, 0.2) is 0 Å². The highest BCUT2D eigenvalue weighted by Gasteiger charge is 2.40. The Balaban J connectivity index is 2.69. The number of hydrogen-bond acceptors (Lipinski definition) is 2. The summed E-state index contributed by atoms with van der Waals surface area (Å²) in [7, 11) is 0. The minimum Gasteiger partial charge on any atom is -0.396 e. The lowest BCUT2D eigenvalue weighted by Gasteiger charge is -2.38. The third-order valence-corrected chi connectivity index (χ3v) is 4.70. The Morgan fingerprint density at radius 3 is 1.94 bits per heavy atom. The van der Waals surface area contributed by atoms with Crippen molar-refractivity contribution in [3.63, 3.8) is 0 Å². The van der Waals surface area contributed by atoms with E-state index in [4.69, 9.17) is 0 Å². The van der Waals surface area contributed by atoms with Gasteiger partial charge in [-0.3, -0.25) is 0 Å². The van der Waals surface area contributed by atoms with Gasteiger partial charge in [-0.15, -0.1) is 0 Å². The van der Waals surface area contributed by atoms with Crippen molar-refractivity contribution in [2.75, 3.05) is 13.2 Å². The smallest absolute Gasteiger partial charge is 0.0512 e. The first-order valence-electron chi connectivity index (χ1n) is 6.94. The molecule has 1 saturated carbocycles. The van der Waals surface area contributed by atoms with E-state index in [0.29, 0.717) is 11.8 Å². The highest BCUT2D eigenvalue weighted by molar-refractivity contribution is 4.89. The second-order valence-electron chi connectivity index (χ2n) is 5.55. The minimum absolute atomic E-state index is 0.157. The van der Waals surface area contributed by atoms with Crippen LogP contribution in [-0.2, 0) is 0 Å². The third kappa shape index (κ3) is 2.98. The van der Waals surface area contributed by atoms with Crippen LogP contribution < -0.4 is 0 Å². The van der Waals surface area contributed by atoms with Crippen molar-refractivity contribution >= 4 is 0 Å². The third-order valence-electron chi connectivity index (χ3n) is 4.70. The molecule has 1 aliphatic carbocycles. The summed E-state index contributed by atoms with van der Waals surface area (Å²) in [5, 5.41) is 19.4. The molecule has 96 valence electrons. The van der Waals surface area contributed by atoms with E-state index in [-0.39, 0.29) is 18.6 Å². The van der Waals surface area contributed by atoms with Crippen LogP contribution in [-0.4, -0.2) is 23.4 Å². The lowest BCUT2D eigenvalue weighted by molar-refractivity contribution is -0.0150. The molecular weight excluding hydrogens is 200 g/mol. The molecule has 1 aliphatic rings. The van der Waals surface area contributed by atoms with Gasteiger partial charge in [0.05, 0.1) is 13.2 Å². The van der Waals surface area contributed by atoms with Crippen molar-refractivity contribution in [3.05, 3.63) is 0 Å². The molecular formula is C14H28O2. The van der Waals surface area contributed by atoms with Gasteiger partial charge >= 0.3 is 0 Å². The van der Waals surface area contributed by atoms with E-state index in [2.05, 4.69) is 13.8 Å². The fourth-order valence-electron chi connectivity index (χ4n) is 3.29. The van der Waals surface area contributed by atoms with Gasteiger partial charge in [0.25, 0.3) is 0 Å². The predicted molar refractivity (Wildman–Crippen MR) is 67.3 cm³/mol. The molecule has 0 bridgehead atoms. The van der Waals surface area contributed by atoms with Crippen LogP contribution in [0.4, 0.5) is 0 Å². The summed E-state index contributed by atoms with van der Waals surface area (Å²) in [5.41, 5.74) is -0.201. The van der Waals surface area contributed by atoms with E-state index in [1.807, 2.05) is 0 Å². The Morgan fingerprint density at radius 2 is 1.56 bits per heavy atom. The second kappa shape index (κ2) is 6.61. The molecule has 1 fully saturated rings. The van der Waals surface area contributed by atoms with Crippen LogP contribution in [0.25, 0.3) is 0 Å². The molecule has 0 aromatic heterocycles. The van der Waals surface area contributed by atoms with Crippen LogP contribution in [0.3, 0.4) is 0 Å². The lowest BCUT2D eigenvalue weighted by Crippen LogP contribution is -2.38. The topological polar surface area (TPSA) is 40.5 Å². The van der Waals surface area contributed by atoms with Crippen molar-refractivity contribution in [1.82, 2.24) is 0 Å². The van der Waals surface area contributed by atoms with Crippen molar-refractivity contribution in [3.8, 4) is 0 Å². The highest BCUT2D eigenvalue weighted by atomic mass is 16.3. The summed E-state index contributed by atoms with van der Waals surface area (Å²) in [6.45, 7) is 4.74. The molecule has 0 amide bonds. The van der Waals surface area contributed by atoms with Crippen molar-refractivity contribution in [2.24, 2.45) is 17.3 Å². The fourth-order valence-corrected chi connectivity index (χ4v) is 3.29. The van der Waals surface area contributed by atoms with Gasteiger partial charge in [0.2, 0.25) is 0 Å². The molecule has 0 heterocycles. The number of aliphatic hydroxyl groups is 2. The predicted octanol–water partition coefficient (Wildman–Crippen LogP) is 2.97. The van der Waals surface area contributed by atoms with Gasteiger partial charge in [-0.1, -0.05) is 39.5 Å². The van der Waals surface area contributed by atoms with Gasteiger partial charge in [-0.25, -0.2) is 0 Å². The monoisotopic (exact) mass is 228 g/mol. The summed E-state index contributed by atoms with van der Waals surface area (Å²) in [5.74, 6) is 1.20. The second-order valence-corrected chi connectivity index (χ2v) is 5.55. The first kappa shape index (κ1) is 14.0. The summed E-state index contributed by atoms with van der Waals surface area (Å²) in [4.78, 5) is 0. The minimum atomic E-state index is -0.201. The van der Waals surface area contributed by atoms with E-state index in [0.717, 1.165) is 19.3 Å². The van der Waals surface area contributed by atoms with Gasteiger partial charge in [-0.05, 0) is 31.1 Å². The van der Waals surface area contributed by atoms with Gasteiger partial charge < -0.3 is 10.2 Å². The number of hydrogen-bond donors (Lipinski definition) is 2. The molecule has 0 radical (unpaired) electrons. The van der Waals surface area contributed by atoms with Crippen molar-refractivity contribution in [2.45, 2.75) is 58.8 Å². The zero-order chi connectivity index (χ0) is 12.0. The van der Waals surface area contributed by atoms with Gasteiger partial charge in [0, 0.05) is 5.41 Å². The standard InChI is InChI=1S/C14H28O2/c1-3-12(4-2)9-14(10-15,11-16)13-7-5-6-8-13/h12-13,15-16H,3-11H2,1-2H3. The zero-order valence-corrected chi connectivity index (χ0v) is 10.9. The average Bonchev–Trinajstić information content (AvgIpc) is 2.86. The van der Waals surface area contributed by atoms with Crippen molar-refractivity contribution < 1.29 is 10.2 Å². The molecule has 0 aromatic carbocycles. The molecule has 0 aliphatic heterocycles. The average molecular weight is 228 g/mol. The van der Waals surface area contributed by atoms with Crippen LogP contribution in [0.5, 0.6) is 0 Å². The Hall–Kier alpha value is -0.0800. The maximum Gasteiger partial charge on any atom is 0.0512 e. The number of rotatable bonds is 7. The molecule has 0 spiro atoms. The molecule has 2 nitrogen and oxygen atoms in total. The summed E-state index contributed by atoms with van der Waals surface area (Å²) >= 11 is 0. The maximum absolute atomic E-state index is 9.72. The highest BCUT2D eigenvalue weighted by Crippen LogP contribution is 2.44. The zero-order valence-electron chi connectivity index (χ0n) is 10.9. The normalized spacial score (nSPS) is 18.6. The summed E-state index contributed by atoms with van der Waals surface area (Å²) in [6.07, 6.45) is 8.25. The van der Waals surface area contributed by atoms with E-state index in [1.165, 1.54) is 25.7 Å². The summed E-state index contributed by atoms with van der Waals surface area (Å²) < 4.78 is 0. The van der Waals surface area contributed by atoms with Crippen LogP contribution in [0.1, 0.15) is 58.8 Å². The molecule has 0 saturated heterocycles. The molecule has 2 N–H and O–H groups in total. The first-order chi connectivity index (χ1) is 7.72. The van der Waals surface area contributed by atoms with Crippen molar-refractivity contribution in [1.29, 1.82) is 0 Å². The van der Waals surface area contributed by atoms with E-state index in [1.54, 1.807) is 0 Å². The molecule has 0 atom stereocenters. The molecule has 0 aromatic rings. The van der Waals surface area contributed by atoms with E-state index < -0.39 is 0 Å². The molecule has 2 heteroatoms. The Bertz CT molecular complexity index is 177. The van der Waals surface area contributed by atoms with E-state index in [9.17, 15) is 10.2 Å². The summed E-state index contributed by atoms with van der Waals surface area (Å²) in [6, 6.07) is 0. The van der Waals surface area contributed by atoms with Gasteiger partial charge in [0.15, 0.2) is 0 Å². The maximum atomic E-state index is 9.72. The number of aliphatic hydroxyl groups excluding tert-OH is 2. The van der Waals surface area contributed by atoms with Gasteiger partial charge in [0.1, 0.15) is 0 Å².